The van der Waals surface area contributed by atoms with Gasteiger partial charge in [0.15, 0.2) is 0 Å². The molecule has 0 radical (unpaired) electrons. The molecule has 2 fully saturated rings. The summed E-state index contributed by atoms with van der Waals surface area (Å²) in [6.45, 7) is 0.585. The molecule has 4 heteroatoms. The minimum absolute atomic E-state index is 0.000324. The van der Waals surface area contributed by atoms with Crippen molar-refractivity contribution in [3.63, 3.8) is 0 Å². The smallest absolute Gasteiger partial charge is 0.229 e. The van der Waals surface area contributed by atoms with Gasteiger partial charge in [0.1, 0.15) is 0 Å². The number of nitrogens with zero attached hydrogens (tertiary/aromatic N) is 1. The molecule has 2 N–H and O–H groups in total. The number of imide groups is 1. The molecule has 0 aromatic heterocycles. The summed E-state index contributed by atoms with van der Waals surface area (Å²) in [6, 6.07) is 0.0995. The lowest BCUT2D eigenvalue weighted by atomic mass is 10.0. The van der Waals surface area contributed by atoms with Gasteiger partial charge in [-0.1, -0.05) is 6.42 Å². The molecule has 2 aliphatic rings. The minimum Gasteiger partial charge on any atom is -0.330 e. The maximum absolute atomic E-state index is 11.5. The van der Waals surface area contributed by atoms with Gasteiger partial charge >= 0.3 is 0 Å². The Morgan fingerprint density at radius 2 is 1.86 bits per heavy atom. The Labute approximate surface area is 83.4 Å². The van der Waals surface area contributed by atoms with Crippen molar-refractivity contribution in [2.45, 2.75) is 38.1 Å². The van der Waals surface area contributed by atoms with Crippen LogP contribution in [-0.4, -0.2) is 29.3 Å². The molecule has 1 aliphatic carbocycles. The van der Waals surface area contributed by atoms with Crippen molar-refractivity contribution in [2.24, 2.45) is 11.7 Å². The normalized spacial score (nSPS) is 33.1. The molecule has 0 aromatic carbocycles. The average molecular weight is 196 g/mol. The topological polar surface area (TPSA) is 63.4 Å². The lowest BCUT2D eigenvalue weighted by molar-refractivity contribution is -0.141. The second-order valence-electron chi connectivity index (χ2n) is 4.15. The fourth-order valence-corrected chi connectivity index (χ4v) is 2.60. The molecule has 2 rings (SSSR count). The number of nitrogens with two attached hydrogens (primary N) is 1. The lowest BCUT2D eigenvalue weighted by Gasteiger charge is -2.26. The van der Waals surface area contributed by atoms with Gasteiger partial charge in [-0.25, -0.2) is 0 Å². The minimum atomic E-state index is 0.000324. The van der Waals surface area contributed by atoms with Crippen LogP contribution >= 0.6 is 0 Å². The van der Waals surface area contributed by atoms with Crippen molar-refractivity contribution >= 4 is 11.8 Å². The Balaban J connectivity index is 2.13. The summed E-state index contributed by atoms with van der Waals surface area (Å²) in [5.74, 6) is 0.335. The third kappa shape index (κ3) is 1.43. The van der Waals surface area contributed by atoms with E-state index < -0.39 is 0 Å². The van der Waals surface area contributed by atoms with E-state index in [9.17, 15) is 9.59 Å². The highest BCUT2D eigenvalue weighted by atomic mass is 16.2. The molecule has 1 aliphatic heterocycles. The molecule has 1 saturated carbocycles. The molecule has 2 amide bonds. The highest BCUT2D eigenvalue weighted by Crippen LogP contribution is 2.32. The van der Waals surface area contributed by atoms with Crippen LogP contribution in [0.15, 0.2) is 0 Å². The third-order valence-electron chi connectivity index (χ3n) is 3.34. The Morgan fingerprint density at radius 3 is 2.43 bits per heavy atom. The first-order valence-electron chi connectivity index (χ1n) is 5.29. The van der Waals surface area contributed by atoms with E-state index >= 15 is 0 Å². The Morgan fingerprint density at radius 1 is 1.21 bits per heavy atom. The molecule has 0 aromatic rings. The lowest BCUT2D eigenvalue weighted by Crippen LogP contribution is -2.43. The van der Waals surface area contributed by atoms with Crippen molar-refractivity contribution in [2.75, 3.05) is 6.54 Å². The number of likely N-dealkylation sites (tertiary alicyclic amines) is 1. The second-order valence-corrected chi connectivity index (χ2v) is 4.15. The van der Waals surface area contributed by atoms with Crippen LogP contribution in [0, 0.1) is 5.92 Å². The summed E-state index contributed by atoms with van der Waals surface area (Å²) in [7, 11) is 0. The van der Waals surface area contributed by atoms with E-state index in [-0.39, 0.29) is 17.9 Å². The summed E-state index contributed by atoms with van der Waals surface area (Å²) < 4.78 is 0. The molecule has 78 valence electrons. The van der Waals surface area contributed by atoms with E-state index in [4.69, 9.17) is 5.73 Å². The third-order valence-corrected chi connectivity index (χ3v) is 3.34. The van der Waals surface area contributed by atoms with Crippen LogP contribution in [0.2, 0.25) is 0 Å². The summed E-state index contributed by atoms with van der Waals surface area (Å²) in [6.07, 6.45) is 3.88. The maximum Gasteiger partial charge on any atom is 0.229 e. The molecular formula is C10H16N2O2. The van der Waals surface area contributed by atoms with Crippen LogP contribution in [0.5, 0.6) is 0 Å². The van der Waals surface area contributed by atoms with Crippen molar-refractivity contribution in [3.8, 4) is 0 Å². The highest BCUT2D eigenvalue weighted by Gasteiger charge is 2.40. The molecule has 4 nitrogen and oxygen atoms in total. The van der Waals surface area contributed by atoms with Gasteiger partial charge in [-0.15, -0.1) is 0 Å². The summed E-state index contributed by atoms with van der Waals surface area (Å²) in [5.41, 5.74) is 5.63. The molecule has 0 bridgehead atoms. The first-order valence-corrected chi connectivity index (χ1v) is 5.29. The van der Waals surface area contributed by atoms with Crippen molar-refractivity contribution in [3.05, 3.63) is 0 Å². The standard InChI is InChI=1S/C10H16N2O2/c11-6-7-2-1-3-8(7)12-9(13)4-5-10(12)14/h7-8H,1-6,11H2. The van der Waals surface area contributed by atoms with Gasteiger partial charge in [0.2, 0.25) is 11.8 Å². The van der Waals surface area contributed by atoms with E-state index in [1.807, 2.05) is 0 Å². The number of amides is 2. The number of carbonyl (C=O) groups is 2. The quantitative estimate of drug-likeness (QED) is 0.644. The zero-order valence-corrected chi connectivity index (χ0v) is 8.24. The number of hydrogen-bond acceptors (Lipinski definition) is 3. The van der Waals surface area contributed by atoms with Crippen LogP contribution in [0.3, 0.4) is 0 Å². The molecule has 0 spiro atoms. The molecule has 2 atom stereocenters. The molecular weight excluding hydrogens is 180 g/mol. The average Bonchev–Trinajstić information content (AvgIpc) is 2.73. The number of hydrogen-bond donors (Lipinski definition) is 1. The summed E-state index contributed by atoms with van der Waals surface area (Å²) >= 11 is 0. The van der Waals surface area contributed by atoms with Gasteiger partial charge in [0.05, 0.1) is 0 Å². The zero-order chi connectivity index (χ0) is 10.1. The predicted molar refractivity (Wildman–Crippen MR) is 51.3 cm³/mol. The fourth-order valence-electron chi connectivity index (χ4n) is 2.60. The summed E-state index contributed by atoms with van der Waals surface area (Å²) in [5, 5.41) is 0. The van der Waals surface area contributed by atoms with E-state index in [0.29, 0.717) is 25.3 Å². The van der Waals surface area contributed by atoms with Gasteiger partial charge in [-0.05, 0) is 25.3 Å². The molecule has 14 heavy (non-hydrogen) atoms. The van der Waals surface area contributed by atoms with Crippen LogP contribution in [0.4, 0.5) is 0 Å². The van der Waals surface area contributed by atoms with Crippen molar-refractivity contribution in [1.82, 2.24) is 4.90 Å². The zero-order valence-electron chi connectivity index (χ0n) is 8.24. The molecule has 1 saturated heterocycles. The number of carbonyl (C=O) groups excluding carboxylic acids is 2. The van der Waals surface area contributed by atoms with Crippen LogP contribution < -0.4 is 5.73 Å². The predicted octanol–water partition coefficient (Wildman–Crippen LogP) is 0.263. The first-order chi connectivity index (χ1) is 6.74. The Hall–Kier alpha value is -0.900. The van der Waals surface area contributed by atoms with Gasteiger partial charge in [-0.2, -0.15) is 0 Å². The molecule has 2 unspecified atom stereocenters. The molecule has 1 heterocycles. The first kappa shape index (κ1) is 9.65. The van der Waals surface area contributed by atoms with Crippen LogP contribution in [0.1, 0.15) is 32.1 Å². The van der Waals surface area contributed by atoms with Crippen molar-refractivity contribution in [1.29, 1.82) is 0 Å². The van der Waals surface area contributed by atoms with Gasteiger partial charge in [0, 0.05) is 18.9 Å². The van der Waals surface area contributed by atoms with Crippen LogP contribution in [0.25, 0.3) is 0 Å². The van der Waals surface area contributed by atoms with E-state index in [2.05, 4.69) is 0 Å². The van der Waals surface area contributed by atoms with Crippen molar-refractivity contribution < 1.29 is 9.59 Å². The summed E-state index contributed by atoms with van der Waals surface area (Å²) in [4.78, 5) is 24.5. The Bertz CT molecular complexity index is 249. The van der Waals surface area contributed by atoms with E-state index in [1.54, 1.807) is 0 Å². The second kappa shape index (κ2) is 3.69. The van der Waals surface area contributed by atoms with E-state index in [0.717, 1.165) is 19.3 Å². The maximum atomic E-state index is 11.5. The number of rotatable bonds is 2. The van der Waals surface area contributed by atoms with Crippen LogP contribution in [-0.2, 0) is 9.59 Å². The SMILES string of the molecule is NCC1CCCC1N1C(=O)CCC1=O. The van der Waals surface area contributed by atoms with Gasteiger partial charge in [0.25, 0.3) is 0 Å². The fraction of sp³-hybridized carbons (Fsp3) is 0.800. The van der Waals surface area contributed by atoms with E-state index in [1.165, 1.54) is 4.90 Å². The Kier molecular flexibility index (Phi) is 2.54. The monoisotopic (exact) mass is 196 g/mol. The highest BCUT2D eigenvalue weighted by molar-refractivity contribution is 6.02. The van der Waals surface area contributed by atoms with Gasteiger partial charge < -0.3 is 5.73 Å². The van der Waals surface area contributed by atoms with Gasteiger partial charge in [-0.3, -0.25) is 14.5 Å². The largest absolute Gasteiger partial charge is 0.330 e.